The summed E-state index contributed by atoms with van der Waals surface area (Å²) in [7, 11) is 1.60. The number of ether oxygens (including phenoxy) is 1. The molecule has 2 rings (SSSR count). The van der Waals surface area contributed by atoms with E-state index in [4.69, 9.17) is 4.74 Å². The fourth-order valence-corrected chi connectivity index (χ4v) is 1.39. The number of benzene rings is 1. The number of hydrogen-bond donors (Lipinski definition) is 0. The van der Waals surface area contributed by atoms with E-state index in [1.54, 1.807) is 19.5 Å². The summed E-state index contributed by atoms with van der Waals surface area (Å²) in [5, 5.41) is 1.81. The number of hydrogen-bond acceptors (Lipinski definition) is 3. The first kappa shape index (κ1) is 8.69. The van der Waals surface area contributed by atoms with Gasteiger partial charge >= 0.3 is 0 Å². The minimum atomic E-state index is 0.585. The number of pyridine rings is 1. The van der Waals surface area contributed by atoms with Crippen molar-refractivity contribution in [1.82, 2.24) is 4.98 Å². The first-order valence-electron chi connectivity index (χ1n) is 4.22. The molecule has 0 spiro atoms. The summed E-state index contributed by atoms with van der Waals surface area (Å²) in [5.41, 5.74) is 0.585. The van der Waals surface area contributed by atoms with Crippen molar-refractivity contribution in [2.45, 2.75) is 0 Å². The average Bonchev–Trinajstić information content (AvgIpc) is 2.27. The highest BCUT2D eigenvalue weighted by atomic mass is 16.5. The summed E-state index contributed by atoms with van der Waals surface area (Å²) in [6, 6.07) is 5.56. The average molecular weight is 187 g/mol. The number of aldehydes is 1. The Kier molecular flexibility index (Phi) is 2.14. The molecular weight excluding hydrogens is 178 g/mol. The van der Waals surface area contributed by atoms with Crippen molar-refractivity contribution in [2.75, 3.05) is 7.11 Å². The lowest BCUT2D eigenvalue weighted by Crippen LogP contribution is -1.88. The van der Waals surface area contributed by atoms with Gasteiger partial charge in [-0.1, -0.05) is 0 Å². The van der Waals surface area contributed by atoms with Crippen molar-refractivity contribution in [3.8, 4) is 5.75 Å². The lowest BCUT2D eigenvalue weighted by molar-refractivity contribution is 0.112. The summed E-state index contributed by atoms with van der Waals surface area (Å²) in [5.74, 6) is 0.742. The van der Waals surface area contributed by atoms with Crippen molar-refractivity contribution in [3.05, 3.63) is 36.2 Å². The van der Waals surface area contributed by atoms with E-state index in [1.807, 2.05) is 18.2 Å². The van der Waals surface area contributed by atoms with Crippen molar-refractivity contribution in [1.29, 1.82) is 0 Å². The van der Waals surface area contributed by atoms with Gasteiger partial charge in [0.25, 0.3) is 0 Å². The Morgan fingerprint density at radius 2 is 2.21 bits per heavy atom. The van der Waals surface area contributed by atoms with Gasteiger partial charge in [0.2, 0.25) is 0 Å². The molecule has 1 aromatic carbocycles. The molecule has 0 saturated carbocycles. The molecule has 3 heteroatoms. The van der Waals surface area contributed by atoms with E-state index in [1.165, 1.54) is 0 Å². The van der Waals surface area contributed by atoms with Crippen LogP contribution in [0.3, 0.4) is 0 Å². The number of aromatic nitrogens is 1. The smallest absolute Gasteiger partial charge is 0.152 e. The lowest BCUT2D eigenvalue weighted by Gasteiger charge is -2.03. The molecule has 1 heterocycles. The second kappa shape index (κ2) is 3.46. The van der Waals surface area contributed by atoms with Crippen molar-refractivity contribution < 1.29 is 9.53 Å². The summed E-state index contributed by atoms with van der Waals surface area (Å²) in [6.45, 7) is 0. The van der Waals surface area contributed by atoms with Crippen LogP contribution in [0.5, 0.6) is 5.75 Å². The van der Waals surface area contributed by atoms with Gasteiger partial charge in [0, 0.05) is 23.3 Å². The molecule has 0 atom stereocenters. The monoisotopic (exact) mass is 187 g/mol. The molecule has 2 aromatic rings. The van der Waals surface area contributed by atoms with Gasteiger partial charge in [-0.15, -0.1) is 0 Å². The van der Waals surface area contributed by atoms with Crippen molar-refractivity contribution >= 4 is 17.1 Å². The van der Waals surface area contributed by atoms with Crippen LogP contribution in [0.1, 0.15) is 10.4 Å². The molecule has 0 aliphatic rings. The van der Waals surface area contributed by atoms with Crippen molar-refractivity contribution in [3.63, 3.8) is 0 Å². The van der Waals surface area contributed by atoms with Crippen LogP contribution in [0.25, 0.3) is 10.8 Å². The number of fused-ring (bicyclic) bond motifs is 1. The molecule has 0 fully saturated rings. The summed E-state index contributed by atoms with van der Waals surface area (Å²) >= 11 is 0. The van der Waals surface area contributed by atoms with E-state index in [9.17, 15) is 4.79 Å². The number of nitrogens with zero attached hydrogens (tertiary/aromatic N) is 1. The zero-order chi connectivity index (χ0) is 9.97. The lowest BCUT2D eigenvalue weighted by atomic mass is 10.1. The molecule has 3 nitrogen and oxygen atoms in total. The molecule has 0 radical (unpaired) electrons. The van der Waals surface area contributed by atoms with Crippen molar-refractivity contribution in [2.24, 2.45) is 0 Å². The predicted molar refractivity (Wildman–Crippen MR) is 53.7 cm³/mol. The molecule has 70 valence electrons. The Morgan fingerprint density at radius 3 is 2.93 bits per heavy atom. The van der Waals surface area contributed by atoms with Crippen LogP contribution in [0.2, 0.25) is 0 Å². The number of rotatable bonds is 2. The molecule has 0 amide bonds. The molecule has 0 unspecified atom stereocenters. The Morgan fingerprint density at radius 1 is 1.36 bits per heavy atom. The topological polar surface area (TPSA) is 39.2 Å². The van der Waals surface area contributed by atoms with Gasteiger partial charge in [-0.25, -0.2) is 0 Å². The van der Waals surface area contributed by atoms with Gasteiger partial charge in [-0.2, -0.15) is 0 Å². The van der Waals surface area contributed by atoms with Crippen LogP contribution in [-0.2, 0) is 0 Å². The van der Waals surface area contributed by atoms with Crippen LogP contribution < -0.4 is 4.74 Å². The first-order chi connectivity index (χ1) is 6.85. The summed E-state index contributed by atoms with van der Waals surface area (Å²) < 4.78 is 5.09. The second-order valence-corrected chi connectivity index (χ2v) is 2.93. The third-order valence-corrected chi connectivity index (χ3v) is 2.13. The fraction of sp³-hybridized carbons (Fsp3) is 0.0909. The first-order valence-corrected chi connectivity index (χ1v) is 4.22. The minimum absolute atomic E-state index is 0.585. The Hall–Kier alpha value is -1.90. The number of carbonyl (C=O) groups excluding carboxylic acids is 1. The maximum absolute atomic E-state index is 10.7. The van der Waals surface area contributed by atoms with Crippen LogP contribution in [0.4, 0.5) is 0 Å². The molecule has 0 aliphatic heterocycles. The quantitative estimate of drug-likeness (QED) is 0.675. The van der Waals surface area contributed by atoms with E-state index in [2.05, 4.69) is 4.98 Å². The van der Waals surface area contributed by atoms with Gasteiger partial charge in [-0.05, 0) is 23.6 Å². The number of carbonyl (C=O) groups is 1. The standard InChI is InChI=1S/C11H9NO2/c1-14-10-3-2-8-5-12-6-9(7-13)11(8)4-10/h2-7H,1H3. The maximum atomic E-state index is 10.7. The summed E-state index contributed by atoms with van der Waals surface area (Å²) in [6.07, 6.45) is 4.07. The van der Waals surface area contributed by atoms with Gasteiger partial charge in [0.05, 0.1) is 7.11 Å². The fourth-order valence-electron chi connectivity index (χ4n) is 1.39. The maximum Gasteiger partial charge on any atom is 0.152 e. The highest BCUT2D eigenvalue weighted by Gasteiger charge is 2.01. The minimum Gasteiger partial charge on any atom is -0.497 e. The van der Waals surface area contributed by atoms with E-state index >= 15 is 0 Å². The Bertz CT molecular complexity index is 480. The third-order valence-electron chi connectivity index (χ3n) is 2.13. The molecule has 0 saturated heterocycles. The third kappa shape index (κ3) is 1.33. The normalized spacial score (nSPS) is 10.1. The number of methoxy groups -OCH3 is 1. The van der Waals surface area contributed by atoms with E-state index < -0.39 is 0 Å². The van der Waals surface area contributed by atoms with Crippen LogP contribution in [-0.4, -0.2) is 18.4 Å². The van der Waals surface area contributed by atoms with Crippen LogP contribution in [0, 0.1) is 0 Å². The largest absolute Gasteiger partial charge is 0.497 e. The predicted octanol–water partition coefficient (Wildman–Crippen LogP) is 2.06. The molecule has 14 heavy (non-hydrogen) atoms. The Balaban J connectivity index is 2.76. The summed E-state index contributed by atoms with van der Waals surface area (Å²) in [4.78, 5) is 14.7. The SMILES string of the molecule is COc1ccc2cncc(C=O)c2c1. The van der Waals surface area contributed by atoms with E-state index in [-0.39, 0.29) is 0 Å². The highest BCUT2D eigenvalue weighted by molar-refractivity contribution is 5.97. The molecule has 0 N–H and O–H groups in total. The van der Waals surface area contributed by atoms with Gasteiger partial charge in [0.1, 0.15) is 5.75 Å². The van der Waals surface area contributed by atoms with E-state index in [0.717, 1.165) is 22.8 Å². The van der Waals surface area contributed by atoms with Gasteiger partial charge in [0.15, 0.2) is 6.29 Å². The molecule has 0 bridgehead atoms. The van der Waals surface area contributed by atoms with Gasteiger partial charge < -0.3 is 4.74 Å². The highest BCUT2D eigenvalue weighted by Crippen LogP contribution is 2.21. The Labute approximate surface area is 81.3 Å². The van der Waals surface area contributed by atoms with Crippen LogP contribution in [0.15, 0.2) is 30.6 Å². The second-order valence-electron chi connectivity index (χ2n) is 2.93. The van der Waals surface area contributed by atoms with Gasteiger partial charge in [-0.3, -0.25) is 9.78 Å². The van der Waals surface area contributed by atoms with E-state index in [0.29, 0.717) is 5.56 Å². The van der Waals surface area contributed by atoms with Crippen LogP contribution >= 0.6 is 0 Å². The zero-order valence-electron chi connectivity index (χ0n) is 7.73. The molecule has 0 aliphatic carbocycles. The molecule has 1 aromatic heterocycles. The zero-order valence-corrected chi connectivity index (χ0v) is 7.73. The molecular formula is C11H9NO2.